The molecule has 0 bridgehead atoms. The normalized spacial score (nSPS) is 10.8. The van der Waals surface area contributed by atoms with Crippen LogP contribution in [-0.2, 0) is 27.3 Å². The van der Waals surface area contributed by atoms with Crippen molar-refractivity contribution in [2.45, 2.75) is 26.8 Å². The zero-order valence-corrected chi connectivity index (χ0v) is 17.9. The Morgan fingerprint density at radius 3 is 2.38 bits per heavy atom. The molecule has 0 atom stereocenters. The van der Waals surface area contributed by atoms with Crippen molar-refractivity contribution < 1.29 is 14.3 Å². The fourth-order valence-corrected chi connectivity index (χ4v) is 3.38. The minimum absolute atomic E-state index is 0.140. The number of rotatable bonds is 7. The van der Waals surface area contributed by atoms with E-state index in [2.05, 4.69) is 15.1 Å². The number of benzene rings is 2. The number of esters is 1. The molecule has 2 heterocycles. The molecular formula is C24H23N5O3. The Hall–Kier alpha value is -4.07. The van der Waals surface area contributed by atoms with E-state index < -0.39 is 5.97 Å². The Labute approximate surface area is 185 Å². The van der Waals surface area contributed by atoms with Gasteiger partial charge >= 0.3 is 5.97 Å². The molecular weight excluding hydrogens is 406 g/mol. The summed E-state index contributed by atoms with van der Waals surface area (Å²) in [5.41, 5.74) is 3.40. The van der Waals surface area contributed by atoms with Crippen molar-refractivity contribution in [3.05, 3.63) is 89.5 Å². The first-order chi connectivity index (χ1) is 15.5. The topological polar surface area (TPSA) is 89.7 Å². The third-order valence-electron chi connectivity index (χ3n) is 4.87. The third-order valence-corrected chi connectivity index (χ3v) is 4.87. The third kappa shape index (κ3) is 4.97. The second-order valence-corrected chi connectivity index (χ2v) is 7.42. The maximum Gasteiger partial charge on any atom is 0.314 e. The molecule has 8 nitrogen and oxygen atoms in total. The summed E-state index contributed by atoms with van der Waals surface area (Å²) in [6.45, 7) is 3.76. The van der Waals surface area contributed by atoms with Gasteiger partial charge in [0.05, 0.1) is 6.54 Å². The van der Waals surface area contributed by atoms with Crippen LogP contribution in [0.4, 0.5) is 5.69 Å². The van der Waals surface area contributed by atoms with E-state index in [1.807, 2.05) is 80.6 Å². The molecule has 0 N–H and O–H groups in total. The van der Waals surface area contributed by atoms with E-state index in [0.29, 0.717) is 18.1 Å². The number of aryl methyl sites for hydroxylation is 2. The van der Waals surface area contributed by atoms with Gasteiger partial charge < -0.3 is 9.64 Å². The van der Waals surface area contributed by atoms with Crippen LogP contribution < -0.4 is 4.90 Å². The van der Waals surface area contributed by atoms with Gasteiger partial charge in [0.2, 0.25) is 0 Å². The molecule has 32 heavy (non-hydrogen) atoms. The summed E-state index contributed by atoms with van der Waals surface area (Å²) in [5, 5.41) is 4.31. The summed E-state index contributed by atoms with van der Waals surface area (Å²) >= 11 is 0. The van der Waals surface area contributed by atoms with Gasteiger partial charge in [0.25, 0.3) is 11.7 Å². The van der Waals surface area contributed by atoms with Crippen LogP contribution >= 0.6 is 0 Å². The lowest BCUT2D eigenvalue weighted by atomic mass is 10.2. The van der Waals surface area contributed by atoms with Gasteiger partial charge in [0.1, 0.15) is 6.42 Å². The number of anilines is 1. The van der Waals surface area contributed by atoms with Gasteiger partial charge in [-0.25, -0.2) is 9.50 Å². The van der Waals surface area contributed by atoms with Crippen LogP contribution in [0.15, 0.2) is 66.7 Å². The highest BCUT2D eigenvalue weighted by molar-refractivity contribution is 5.95. The maximum absolute atomic E-state index is 12.9. The monoisotopic (exact) mass is 429 g/mol. The molecule has 0 aliphatic carbocycles. The highest BCUT2D eigenvalue weighted by Crippen LogP contribution is 2.17. The second kappa shape index (κ2) is 9.38. The van der Waals surface area contributed by atoms with Crippen molar-refractivity contribution in [3.8, 4) is 0 Å². The Morgan fingerprint density at radius 2 is 1.66 bits per heavy atom. The summed E-state index contributed by atoms with van der Waals surface area (Å²) in [6, 6.07) is 20.8. The van der Waals surface area contributed by atoms with Crippen LogP contribution in [0.25, 0.3) is 5.78 Å². The van der Waals surface area contributed by atoms with E-state index >= 15 is 0 Å². The molecule has 0 fully saturated rings. The second-order valence-electron chi connectivity index (χ2n) is 7.42. The van der Waals surface area contributed by atoms with Crippen molar-refractivity contribution in [2.24, 2.45) is 0 Å². The first kappa shape index (κ1) is 21.2. The summed E-state index contributed by atoms with van der Waals surface area (Å²) in [7, 11) is 0. The number of carbonyl (C=O) groups excluding carboxylic acids is 2. The first-order valence-corrected chi connectivity index (χ1v) is 10.2. The quantitative estimate of drug-likeness (QED) is 0.420. The van der Waals surface area contributed by atoms with E-state index in [-0.39, 0.29) is 18.9 Å². The molecule has 0 saturated heterocycles. The minimum Gasteiger partial charge on any atom is -0.455 e. The number of fused-ring (bicyclic) bond motifs is 1. The Kier molecular flexibility index (Phi) is 6.21. The van der Waals surface area contributed by atoms with Crippen molar-refractivity contribution in [1.82, 2.24) is 19.6 Å². The molecule has 0 unspecified atom stereocenters. The van der Waals surface area contributed by atoms with Crippen LogP contribution in [0.2, 0.25) is 0 Å². The SMILES string of the molecule is Cc1cc(C)n2nc(CC(=O)OCC(=O)N(Cc3ccccc3)c3ccccc3)nc2n1. The fraction of sp³-hybridized carbons (Fsp3) is 0.208. The average molecular weight is 429 g/mol. The maximum atomic E-state index is 12.9. The van der Waals surface area contributed by atoms with Gasteiger partial charge in [-0.1, -0.05) is 48.5 Å². The van der Waals surface area contributed by atoms with Crippen LogP contribution in [-0.4, -0.2) is 38.1 Å². The van der Waals surface area contributed by atoms with Crippen LogP contribution in [0.3, 0.4) is 0 Å². The zero-order valence-electron chi connectivity index (χ0n) is 17.9. The first-order valence-electron chi connectivity index (χ1n) is 10.2. The largest absolute Gasteiger partial charge is 0.455 e. The molecule has 8 heteroatoms. The van der Waals surface area contributed by atoms with Crippen molar-refractivity contribution >= 4 is 23.3 Å². The molecule has 0 aliphatic rings. The van der Waals surface area contributed by atoms with Gasteiger partial charge in [-0.2, -0.15) is 4.98 Å². The molecule has 1 amide bonds. The molecule has 2 aromatic heterocycles. The Morgan fingerprint density at radius 1 is 0.969 bits per heavy atom. The lowest BCUT2D eigenvalue weighted by Gasteiger charge is -2.23. The molecule has 0 radical (unpaired) electrons. The van der Waals surface area contributed by atoms with Crippen LogP contribution in [0, 0.1) is 13.8 Å². The van der Waals surface area contributed by atoms with E-state index in [1.165, 1.54) is 0 Å². The number of carbonyl (C=O) groups is 2. The lowest BCUT2D eigenvalue weighted by molar-refractivity contribution is -0.147. The zero-order chi connectivity index (χ0) is 22.5. The van der Waals surface area contributed by atoms with Gasteiger partial charge in [0, 0.05) is 17.1 Å². The molecule has 162 valence electrons. The van der Waals surface area contributed by atoms with E-state index in [4.69, 9.17) is 4.74 Å². The van der Waals surface area contributed by atoms with Gasteiger partial charge in [0.15, 0.2) is 12.4 Å². The molecule has 0 saturated carbocycles. The van der Waals surface area contributed by atoms with Gasteiger partial charge in [-0.3, -0.25) is 9.59 Å². The van der Waals surface area contributed by atoms with E-state index in [0.717, 1.165) is 22.6 Å². The number of amides is 1. The smallest absolute Gasteiger partial charge is 0.314 e. The predicted octanol–water partition coefficient (Wildman–Crippen LogP) is 3.06. The number of aromatic nitrogens is 4. The van der Waals surface area contributed by atoms with Crippen molar-refractivity contribution in [1.29, 1.82) is 0 Å². The van der Waals surface area contributed by atoms with Crippen molar-refractivity contribution in [3.63, 3.8) is 0 Å². The van der Waals surface area contributed by atoms with Crippen LogP contribution in [0.5, 0.6) is 0 Å². The standard InChI is InChI=1S/C24H23N5O3/c1-17-13-18(2)29-24(25-17)26-21(27-29)14-23(31)32-16-22(30)28(20-11-7-4-8-12-20)15-19-9-5-3-6-10-19/h3-13H,14-16H2,1-2H3. The van der Waals surface area contributed by atoms with E-state index in [9.17, 15) is 9.59 Å². The summed E-state index contributed by atoms with van der Waals surface area (Å²) in [4.78, 5) is 35.5. The molecule has 2 aromatic carbocycles. The average Bonchev–Trinajstić information content (AvgIpc) is 3.19. The fourth-order valence-electron chi connectivity index (χ4n) is 3.38. The lowest BCUT2D eigenvalue weighted by Crippen LogP contribution is -2.34. The summed E-state index contributed by atoms with van der Waals surface area (Å²) < 4.78 is 6.84. The summed E-state index contributed by atoms with van der Waals surface area (Å²) in [6.07, 6.45) is -0.140. The minimum atomic E-state index is -0.573. The Balaban J connectivity index is 1.42. The van der Waals surface area contributed by atoms with E-state index in [1.54, 1.807) is 9.42 Å². The number of hydrogen-bond acceptors (Lipinski definition) is 6. The molecule has 0 spiro atoms. The highest BCUT2D eigenvalue weighted by Gasteiger charge is 2.19. The number of para-hydroxylation sites is 1. The van der Waals surface area contributed by atoms with Gasteiger partial charge in [-0.15, -0.1) is 5.10 Å². The van der Waals surface area contributed by atoms with Gasteiger partial charge in [-0.05, 0) is 37.6 Å². The molecule has 4 aromatic rings. The predicted molar refractivity (Wildman–Crippen MR) is 119 cm³/mol. The van der Waals surface area contributed by atoms with Crippen LogP contribution in [0.1, 0.15) is 22.8 Å². The molecule has 4 rings (SSSR count). The number of hydrogen-bond donors (Lipinski definition) is 0. The molecule has 0 aliphatic heterocycles. The highest BCUT2D eigenvalue weighted by atomic mass is 16.5. The van der Waals surface area contributed by atoms with Crippen molar-refractivity contribution in [2.75, 3.05) is 11.5 Å². The number of nitrogens with zero attached hydrogens (tertiary/aromatic N) is 5. The summed E-state index contributed by atoms with van der Waals surface area (Å²) in [5.74, 6) is -0.159. The Bertz CT molecular complexity index is 1240. The number of ether oxygens (including phenoxy) is 1.